The summed E-state index contributed by atoms with van der Waals surface area (Å²) in [5, 5.41) is 0. The monoisotopic (exact) mass is 250 g/mol. The molecule has 0 atom stereocenters. The molecule has 0 N–H and O–H groups in total. The fraction of sp³-hybridized carbons (Fsp3) is 0.824. The zero-order valence-electron chi connectivity index (χ0n) is 12.2. The summed E-state index contributed by atoms with van der Waals surface area (Å²) in [6.07, 6.45) is 18.0. The predicted molar refractivity (Wildman–Crippen MR) is 78.8 cm³/mol. The summed E-state index contributed by atoms with van der Waals surface area (Å²) in [5.41, 5.74) is 1.48. The van der Waals surface area contributed by atoms with Gasteiger partial charge in [0.15, 0.2) is 0 Å². The molecule has 0 unspecified atom stereocenters. The molecule has 1 aliphatic rings. The highest BCUT2D eigenvalue weighted by Gasteiger charge is 2.02. The van der Waals surface area contributed by atoms with Gasteiger partial charge in [0, 0.05) is 12.8 Å². The zero-order valence-corrected chi connectivity index (χ0v) is 12.2. The van der Waals surface area contributed by atoms with Gasteiger partial charge in [-0.25, -0.2) is 0 Å². The van der Waals surface area contributed by atoms with E-state index in [-0.39, 0.29) is 0 Å². The summed E-state index contributed by atoms with van der Waals surface area (Å²) in [6, 6.07) is 0. The van der Waals surface area contributed by atoms with Gasteiger partial charge in [0.2, 0.25) is 0 Å². The Morgan fingerprint density at radius 2 is 1.28 bits per heavy atom. The molecule has 1 aliphatic carbocycles. The second-order valence-corrected chi connectivity index (χ2v) is 5.81. The molecule has 1 nitrogen and oxygen atoms in total. The van der Waals surface area contributed by atoms with Gasteiger partial charge in [-0.1, -0.05) is 50.2 Å². The van der Waals surface area contributed by atoms with Crippen molar-refractivity contribution in [1.29, 1.82) is 0 Å². The maximum atomic E-state index is 11.7. The lowest BCUT2D eigenvalue weighted by Crippen LogP contribution is -1.98. The third-order valence-electron chi connectivity index (χ3n) is 3.93. The Hall–Kier alpha value is -0.590. The highest BCUT2D eigenvalue weighted by molar-refractivity contribution is 5.78. The summed E-state index contributed by atoms with van der Waals surface area (Å²) >= 11 is 0. The molecule has 0 saturated carbocycles. The second-order valence-electron chi connectivity index (χ2n) is 5.81. The number of ketones is 1. The van der Waals surface area contributed by atoms with E-state index in [1.165, 1.54) is 56.9 Å². The van der Waals surface area contributed by atoms with Gasteiger partial charge >= 0.3 is 0 Å². The number of allylic oxidation sites excluding steroid dienone is 2. The molecule has 1 heteroatoms. The molecule has 0 aromatic carbocycles. The van der Waals surface area contributed by atoms with Crippen LogP contribution in [0.5, 0.6) is 0 Å². The van der Waals surface area contributed by atoms with Crippen molar-refractivity contribution in [3.63, 3.8) is 0 Å². The van der Waals surface area contributed by atoms with Gasteiger partial charge in [-0.05, 0) is 39.0 Å². The van der Waals surface area contributed by atoms with Gasteiger partial charge in [-0.3, -0.25) is 4.79 Å². The summed E-state index contributed by atoms with van der Waals surface area (Å²) in [7, 11) is 0. The van der Waals surface area contributed by atoms with E-state index in [4.69, 9.17) is 0 Å². The number of rotatable bonds is 0. The van der Waals surface area contributed by atoms with E-state index in [1.54, 1.807) is 0 Å². The highest BCUT2D eigenvalue weighted by atomic mass is 16.1. The van der Waals surface area contributed by atoms with Crippen molar-refractivity contribution in [2.75, 3.05) is 0 Å². The Labute approximate surface area is 113 Å². The average molecular weight is 250 g/mol. The Morgan fingerprint density at radius 1 is 0.722 bits per heavy atom. The molecule has 0 amide bonds. The Kier molecular flexibility index (Phi) is 8.89. The van der Waals surface area contributed by atoms with Crippen LogP contribution >= 0.6 is 0 Å². The van der Waals surface area contributed by atoms with Crippen LogP contribution in [-0.2, 0) is 4.79 Å². The second kappa shape index (κ2) is 10.3. The lowest BCUT2D eigenvalue weighted by molar-refractivity contribution is -0.119. The number of Topliss-reactive ketones (excluding diaryl/α,β-unsaturated/α-hetero) is 1. The quantitative estimate of drug-likeness (QED) is 0.512. The van der Waals surface area contributed by atoms with Crippen molar-refractivity contribution in [3.05, 3.63) is 11.6 Å². The zero-order chi connectivity index (χ0) is 13.1. The summed E-state index contributed by atoms with van der Waals surface area (Å²) in [6.45, 7) is 2.22. The molecule has 18 heavy (non-hydrogen) atoms. The Balaban J connectivity index is 2.29. The molecule has 0 aromatic rings. The molecule has 0 bridgehead atoms. The van der Waals surface area contributed by atoms with Gasteiger partial charge in [-0.15, -0.1) is 0 Å². The van der Waals surface area contributed by atoms with Crippen LogP contribution in [0.15, 0.2) is 11.6 Å². The van der Waals surface area contributed by atoms with Crippen molar-refractivity contribution in [2.45, 2.75) is 90.4 Å². The molecule has 104 valence electrons. The molecule has 0 aliphatic heterocycles. The van der Waals surface area contributed by atoms with Crippen LogP contribution in [0.1, 0.15) is 90.4 Å². The first-order valence-electron chi connectivity index (χ1n) is 7.96. The van der Waals surface area contributed by atoms with Crippen LogP contribution in [0.2, 0.25) is 0 Å². The van der Waals surface area contributed by atoms with Crippen molar-refractivity contribution < 1.29 is 4.79 Å². The number of hydrogen-bond acceptors (Lipinski definition) is 1. The van der Waals surface area contributed by atoms with Crippen LogP contribution in [0, 0.1) is 0 Å². The topological polar surface area (TPSA) is 17.1 Å². The SMILES string of the molecule is C/C1=C/CCCCCCCCCCC(=O)CCC1. The maximum Gasteiger partial charge on any atom is 0.132 e. The van der Waals surface area contributed by atoms with Gasteiger partial charge in [0.25, 0.3) is 0 Å². The number of hydrogen-bond donors (Lipinski definition) is 0. The van der Waals surface area contributed by atoms with E-state index in [1.807, 2.05) is 0 Å². The van der Waals surface area contributed by atoms with E-state index in [2.05, 4.69) is 13.0 Å². The van der Waals surface area contributed by atoms with E-state index >= 15 is 0 Å². The third-order valence-corrected chi connectivity index (χ3v) is 3.93. The van der Waals surface area contributed by atoms with Gasteiger partial charge < -0.3 is 0 Å². The minimum absolute atomic E-state index is 0.481. The fourth-order valence-electron chi connectivity index (χ4n) is 2.67. The average Bonchev–Trinajstić information content (AvgIpc) is 2.34. The minimum Gasteiger partial charge on any atom is -0.300 e. The number of carbonyl (C=O) groups is 1. The first-order chi connectivity index (χ1) is 8.79. The molecule has 0 heterocycles. The largest absolute Gasteiger partial charge is 0.300 e. The van der Waals surface area contributed by atoms with E-state index in [9.17, 15) is 4.79 Å². The number of carbonyl (C=O) groups excluding carboxylic acids is 1. The van der Waals surface area contributed by atoms with Gasteiger partial charge in [0.1, 0.15) is 5.78 Å². The lowest BCUT2D eigenvalue weighted by Gasteiger charge is -2.05. The molecule has 0 radical (unpaired) electrons. The molecule has 0 aromatic heterocycles. The maximum absolute atomic E-state index is 11.7. The van der Waals surface area contributed by atoms with Crippen molar-refractivity contribution >= 4 is 5.78 Å². The van der Waals surface area contributed by atoms with E-state index in [0.29, 0.717) is 5.78 Å². The summed E-state index contributed by atoms with van der Waals surface area (Å²) < 4.78 is 0. The van der Waals surface area contributed by atoms with E-state index < -0.39 is 0 Å². The summed E-state index contributed by atoms with van der Waals surface area (Å²) in [4.78, 5) is 11.7. The first kappa shape index (κ1) is 15.5. The van der Waals surface area contributed by atoms with Crippen LogP contribution in [0.25, 0.3) is 0 Å². The molecule has 0 saturated heterocycles. The Morgan fingerprint density at radius 3 is 2.00 bits per heavy atom. The van der Waals surface area contributed by atoms with Crippen LogP contribution in [0.3, 0.4) is 0 Å². The smallest absolute Gasteiger partial charge is 0.132 e. The van der Waals surface area contributed by atoms with Crippen LogP contribution < -0.4 is 0 Å². The summed E-state index contributed by atoms with van der Waals surface area (Å²) in [5.74, 6) is 0.481. The molecule has 0 fully saturated rings. The Bertz CT molecular complexity index is 252. The highest BCUT2D eigenvalue weighted by Crippen LogP contribution is 2.15. The van der Waals surface area contributed by atoms with Crippen LogP contribution in [0.4, 0.5) is 0 Å². The molecular formula is C17H30O. The molecular weight excluding hydrogens is 220 g/mol. The molecule has 0 spiro atoms. The predicted octanol–water partition coefficient (Wildman–Crippen LogP) is 5.59. The normalized spacial score (nSPS) is 25.4. The van der Waals surface area contributed by atoms with Crippen molar-refractivity contribution in [2.24, 2.45) is 0 Å². The van der Waals surface area contributed by atoms with Gasteiger partial charge in [-0.2, -0.15) is 0 Å². The lowest BCUT2D eigenvalue weighted by atomic mass is 10.0. The van der Waals surface area contributed by atoms with Gasteiger partial charge in [0.05, 0.1) is 0 Å². The van der Waals surface area contributed by atoms with Crippen LogP contribution in [-0.4, -0.2) is 5.78 Å². The minimum atomic E-state index is 0.481. The van der Waals surface area contributed by atoms with Crippen molar-refractivity contribution in [1.82, 2.24) is 0 Å². The van der Waals surface area contributed by atoms with Crippen molar-refractivity contribution in [3.8, 4) is 0 Å². The molecule has 1 rings (SSSR count). The first-order valence-corrected chi connectivity index (χ1v) is 7.96. The third kappa shape index (κ3) is 8.49. The standard InChI is InChI=1S/C17H30O/c1-16-12-9-7-5-3-2-4-6-8-10-14-17(18)15-11-13-16/h12H,2-11,13-15H2,1H3/b16-12-. The van der Waals surface area contributed by atoms with E-state index in [0.717, 1.165) is 32.1 Å². The fourth-order valence-corrected chi connectivity index (χ4v) is 2.67.